The molecular weight excluding hydrogens is 221 g/mol. The fraction of sp³-hybridized carbons (Fsp3) is 0.333. The van der Waals surface area contributed by atoms with Gasteiger partial charge < -0.3 is 5.32 Å². The number of benzene rings is 1. The Hall–Kier alpha value is -1.93. The lowest BCUT2D eigenvalue weighted by Gasteiger charge is -2.12. The Kier molecular flexibility index (Phi) is 5.11. The van der Waals surface area contributed by atoms with E-state index < -0.39 is 11.9 Å². The van der Waals surface area contributed by atoms with Crippen LogP contribution in [0.2, 0.25) is 0 Å². The number of halogens is 1. The van der Waals surface area contributed by atoms with Gasteiger partial charge in [0, 0.05) is 25.6 Å². The lowest BCUT2D eigenvalue weighted by Crippen LogP contribution is -2.32. The van der Waals surface area contributed by atoms with Crippen molar-refractivity contribution < 1.29 is 9.18 Å². The third-order valence-corrected chi connectivity index (χ3v) is 2.19. The quantitative estimate of drug-likeness (QED) is 0.751. The molecular formula is C12H14FN3O. The number of amides is 1. The molecule has 17 heavy (non-hydrogen) atoms. The van der Waals surface area contributed by atoms with Crippen LogP contribution in [0, 0.1) is 17.1 Å². The van der Waals surface area contributed by atoms with Gasteiger partial charge in [0.25, 0.3) is 0 Å². The van der Waals surface area contributed by atoms with Gasteiger partial charge in [-0.15, -0.1) is 0 Å². The van der Waals surface area contributed by atoms with Gasteiger partial charge in [0.15, 0.2) is 0 Å². The summed E-state index contributed by atoms with van der Waals surface area (Å²) < 4.78 is 13.4. The Labute approximate surface area is 99.4 Å². The van der Waals surface area contributed by atoms with Crippen LogP contribution in [-0.4, -0.2) is 19.0 Å². The monoisotopic (exact) mass is 235 g/mol. The molecule has 0 aromatic heterocycles. The standard InChI is InChI=1S/C12H14FN3O/c1-9(17)15-6-7-16-12(8-14)10-4-2-3-5-11(10)13/h2-5,12,16H,6-7H2,1H3,(H,15,17). The fourth-order valence-corrected chi connectivity index (χ4v) is 1.39. The summed E-state index contributed by atoms with van der Waals surface area (Å²) in [5.74, 6) is -0.544. The molecule has 0 heterocycles. The van der Waals surface area contributed by atoms with Gasteiger partial charge in [0.2, 0.25) is 5.91 Å². The molecule has 5 heteroatoms. The van der Waals surface area contributed by atoms with Gasteiger partial charge in [-0.1, -0.05) is 18.2 Å². The molecule has 0 aliphatic heterocycles. The number of carbonyl (C=O) groups excluding carboxylic acids is 1. The van der Waals surface area contributed by atoms with Crippen molar-refractivity contribution in [2.24, 2.45) is 0 Å². The van der Waals surface area contributed by atoms with Gasteiger partial charge in [0.05, 0.1) is 6.07 Å². The molecule has 1 aromatic carbocycles. The molecule has 1 aromatic rings. The van der Waals surface area contributed by atoms with Crippen molar-refractivity contribution in [1.29, 1.82) is 5.26 Å². The maximum Gasteiger partial charge on any atom is 0.216 e. The predicted octanol–water partition coefficient (Wildman–Crippen LogP) is 1.12. The first kappa shape index (κ1) is 13.1. The second-order valence-corrected chi connectivity index (χ2v) is 3.52. The van der Waals surface area contributed by atoms with E-state index in [1.807, 2.05) is 6.07 Å². The topological polar surface area (TPSA) is 64.9 Å². The van der Waals surface area contributed by atoms with Crippen LogP contribution in [0.1, 0.15) is 18.5 Å². The number of carbonyl (C=O) groups is 1. The van der Waals surface area contributed by atoms with Crippen LogP contribution in [0.5, 0.6) is 0 Å². The zero-order chi connectivity index (χ0) is 12.7. The highest BCUT2D eigenvalue weighted by atomic mass is 19.1. The van der Waals surface area contributed by atoms with E-state index in [2.05, 4.69) is 10.6 Å². The predicted molar refractivity (Wildman–Crippen MR) is 61.4 cm³/mol. The molecule has 0 radical (unpaired) electrons. The maximum atomic E-state index is 13.4. The average Bonchev–Trinajstić information content (AvgIpc) is 2.30. The number of nitrogens with one attached hydrogen (secondary N) is 2. The highest BCUT2D eigenvalue weighted by molar-refractivity contribution is 5.72. The van der Waals surface area contributed by atoms with Crippen LogP contribution in [0.3, 0.4) is 0 Å². The summed E-state index contributed by atoms with van der Waals surface area (Å²) in [6, 6.07) is 7.41. The van der Waals surface area contributed by atoms with Gasteiger partial charge in [-0.25, -0.2) is 4.39 Å². The number of hydrogen-bond acceptors (Lipinski definition) is 3. The highest BCUT2D eigenvalue weighted by Gasteiger charge is 2.13. The molecule has 2 N–H and O–H groups in total. The lowest BCUT2D eigenvalue weighted by atomic mass is 10.1. The Morgan fingerprint density at radius 2 is 2.18 bits per heavy atom. The van der Waals surface area contributed by atoms with Gasteiger partial charge in [-0.3, -0.25) is 10.1 Å². The third kappa shape index (κ3) is 4.21. The van der Waals surface area contributed by atoms with Crippen LogP contribution in [0.15, 0.2) is 24.3 Å². The van der Waals surface area contributed by atoms with Crippen LogP contribution < -0.4 is 10.6 Å². The van der Waals surface area contributed by atoms with Gasteiger partial charge in [-0.05, 0) is 6.07 Å². The second kappa shape index (κ2) is 6.61. The summed E-state index contributed by atoms with van der Waals surface area (Å²) in [6.07, 6.45) is 0. The van der Waals surface area contributed by atoms with Crippen molar-refractivity contribution in [1.82, 2.24) is 10.6 Å². The summed E-state index contributed by atoms with van der Waals surface area (Å²) >= 11 is 0. The zero-order valence-corrected chi connectivity index (χ0v) is 9.53. The molecule has 1 unspecified atom stereocenters. The molecule has 0 bridgehead atoms. The summed E-state index contributed by atoms with van der Waals surface area (Å²) in [4.78, 5) is 10.6. The largest absolute Gasteiger partial charge is 0.355 e. The minimum Gasteiger partial charge on any atom is -0.355 e. The first-order chi connectivity index (χ1) is 8.15. The van der Waals surface area contributed by atoms with E-state index in [1.165, 1.54) is 13.0 Å². The van der Waals surface area contributed by atoms with E-state index >= 15 is 0 Å². The van der Waals surface area contributed by atoms with Gasteiger partial charge in [0.1, 0.15) is 11.9 Å². The van der Waals surface area contributed by atoms with E-state index in [0.29, 0.717) is 18.7 Å². The average molecular weight is 235 g/mol. The smallest absolute Gasteiger partial charge is 0.216 e. The summed E-state index contributed by atoms with van der Waals surface area (Å²) in [5, 5.41) is 14.4. The van der Waals surface area contributed by atoms with E-state index in [1.54, 1.807) is 18.2 Å². The Morgan fingerprint density at radius 3 is 2.76 bits per heavy atom. The minimum atomic E-state index is -0.704. The van der Waals surface area contributed by atoms with Crippen molar-refractivity contribution in [3.05, 3.63) is 35.6 Å². The SMILES string of the molecule is CC(=O)NCCNC(C#N)c1ccccc1F. The first-order valence-electron chi connectivity index (χ1n) is 5.27. The molecule has 0 aliphatic rings. The van der Waals surface area contributed by atoms with Crippen molar-refractivity contribution in [2.45, 2.75) is 13.0 Å². The molecule has 1 atom stereocenters. The fourth-order valence-electron chi connectivity index (χ4n) is 1.39. The molecule has 0 saturated carbocycles. The van der Waals surface area contributed by atoms with Crippen molar-refractivity contribution >= 4 is 5.91 Å². The molecule has 0 aliphatic carbocycles. The second-order valence-electron chi connectivity index (χ2n) is 3.52. The number of nitrogens with zero attached hydrogens (tertiary/aromatic N) is 1. The third-order valence-electron chi connectivity index (χ3n) is 2.19. The highest BCUT2D eigenvalue weighted by Crippen LogP contribution is 2.15. The molecule has 90 valence electrons. The summed E-state index contributed by atoms with van der Waals surface area (Å²) in [6.45, 7) is 2.23. The van der Waals surface area contributed by atoms with Gasteiger partial charge in [-0.2, -0.15) is 5.26 Å². The number of rotatable bonds is 5. The van der Waals surface area contributed by atoms with Crippen molar-refractivity contribution in [3.8, 4) is 6.07 Å². The van der Waals surface area contributed by atoms with Crippen LogP contribution in [-0.2, 0) is 4.79 Å². The van der Waals surface area contributed by atoms with Crippen molar-refractivity contribution in [2.75, 3.05) is 13.1 Å². The van der Waals surface area contributed by atoms with E-state index in [-0.39, 0.29) is 5.91 Å². The molecule has 0 fully saturated rings. The summed E-state index contributed by atoms with van der Waals surface area (Å²) in [5.41, 5.74) is 0.317. The molecule has 4 nitrogen and oxygen atoms in total. The van der Waals surface area contributed by atoms with E-state index in [9.17, 15) is 9.18 Å². The Bertz CT molecular complexity index is 428. The normalized spacial score (nSPS) is 11.6. The molecule has 0 saturated heterocycles. The van der Waals surface area contributed by atoms with E-state index in [4.69, 9.17) is 5.26 Å². The Morgan fingerprint density at radius 1 is 1.47 bits per heavy atom. The molecule has 1 amide bonds. The minimum absolute atomic E-state index is 0.133. The number of nitriles is 1. The maximum absolute atomic E-state index is 13.4. The van der Waals surface area contributed by atoms with Crippen LogP contribution >= 0.6 is 0 Å². The van der Waals surface area contributed by atoms with Crippen LogP contribution in [0.4, 0.5) is 4.39 Å². The molecule has 1 rings (SSSR count). The number of hydrogen-bond donors (Lipinski definition) is 2. The van der Waals surface area contributed by atoms with Gasteiger partial charge >= 0.3 is 0 Å². The van der Waals surface area contributed by atoms with Crippen molar-refractivity contribution in [3.63, 3.8) is 0 Å². The Balaban J connectivity index is 2.53. The lowest BCUT2D eigenvalue weighted by molar-refractivity contribution is -0.118. The summed E-state index contributed by atoms with van der Waals surface area (Å²) in [7, 11) is 0. The molecule has 0 spiro atoms. The van der Waals surface area contributed by atoms with E-state index in [0.717, 1.165) is 0 Å². The zero-order valence-electron chi connectivity index (χ0n) is 9.53. The first-order valence-corrected chi connectivity index (χ1v) is 5.27. The van der Waals surface area contributed by atoms with Crippen LogP contribution in [0.25, 0.3) is 0 Å².